The van der Waals surface area contributed by atoms with Crippen molar-refractivity contribution in [1.29, 1.82) is 0 Å². The molecule has 5 heteroatoms. The number of rotatable bonds is 4. The molecule has 1 fully saturated rings. The molecule has 1 unspecified atom stereocenters. The number of anilines is 1. The van der Waals surface area contributed by atoms with Crippen LogP contribution in [0.3, 0.4) is 0 Å². The van der Waals surface area contributed by atoms with Gasteiger partial charge in [-0.3, -0.25) is 0 Å². The summed E-state index contributed by atoms with van der Waals surface area (Å²) in [6.07, 6.45) is 0.0773. The highest BCUT2D eigenvalue weighted by atomic mass is 16.6. The van der Waals surface area contributed by atoms with Gasteiger partial charge < -0.3 is 19.1 Å². The normalized spacial score (nSPS) is 18.8. The summed E-state index contributed by atoms with van der Waals surface area (Å²) < 4.78 is 16.1. The number of esters is 1. The fourth-order valence-corrected chi connectivity index (χ4v) is 2.59. The van der Waals surface area contributed by atoms with E-state index in [0.29, 0.717) is 32.1 Å². The van der Waals surface area contributed by atoms with Crippen LogP contribution in [-0.4, -0.2) is 32.0 Å². The lowest BCUT2D eigenvalue weighted by atomic mass is 10.1. The summed E-state index contributed by atoms with van der Waals surface area (Å²) >= 11 is 0. The lowest BCUT2D eigenvalue weighted by Crippen LogP contribution is -2.32. The number of epoxide rings is 1. The number of hydrogen-bond acceptors (Lipinski definition) is 5. The number of fused-ring (bicyclic) bond motifs is 1. The van der Waals surface area contributed by atoms with Crippen LogP contribution in [0.1, 0.15) is 15.9 Å². The third-order valence-corrected chi connectivity index (χ3v) is 3.96. The van der Waals surface area contributed by atoms with Crippen molar-refractivity contribution in [2.45, 2.75) is 12.6 Å². The van der Waals surface area contributed by atoms with Crippen LogP contribution in [0.15, 0.2) is 48.5 Å². The highest BCUT2D eigenvalue weighted by molar-refractivity contribution is 5.90. The van der Waals surface area contributed by atoms with E-state index in [9.17, 15) is 4.79 Å². The summed E-state index contributed by atoms with van der Waals surface area (Å²) in [5, 5.41) is 0. The summed E-state index contributed by atoms with van der Waals surface area (Å²) in [5.74, 6) is 0.499. The standard InChI is InChI=1S/C18H17NO4/c20-18(22-11-16-10-21-16)13-6-7-17-14(8-13)9-19(12-23-17)15-4-2-1-3-5-15/h1-8,16H,9-12H2. The highest BCUT2D eigenvalue weighted by Gasteiger charge is 2.25. The lowest BCUT2D eigenvalue weighted by molar-refractivity contribution is 0.0476. The van der Waals surface area contributed by atoms with Crippen molar-refractivity contribution in [3.8, 4) is 5.75 Å². The minimum Gasteiger partial charge on any atom is -0.473 e. The van der Waals surface area contributed by atoms with E-state index in [-0.39, 0.29) is 12.1 Å². The van der Waals surface area contributed by atoms with Crippen LogP contribution in [0, 0.1) is 0 Å². The molecule has 0 radical (unpaired) electrons. The Morgan fingerprint density at radius 3 is 2.83 bits per heavy atom. The van der Waals surface area contributed by atoms with Gasteiger partial charge in [0.25, 0.3) is 0 Å². The van der Waals surface area contributed by atoms with Crippen molar-refractivity contribution >= 4 is 11.7 Å². The molecular formula is C18H17NO4. The first kappa shape index (κ1) is 14.1. The third-order valence-electron chi connectivity index (χ3n) is 3.96. The Labute approximate surface area is 134 Å². The summed E-state index contributed by atoms with van der Waals surface area (Å²) in [7, 11) is 0. The first-order chi connectivity index (χ1) is 11.3. The molecule has 5 nitrogen and oxygen atoms in total. The zero-order valence-electron chi connectivity index (χ0n) is 12.6. The minimum absolute atomic E-state index is 0.0773. The largest absolute Gasteiger partial charge is 0.473 e. The monoisotopic (exact) mass is 311 g/mol. The smallest absolute Gasteiger partial charge is 0.338 e. The molecule has 2 aromatic rings. The van der Waals surface area contributed by atoms with Crippen LogP contribution in [0.5, 0.6) is 5.75 Å². The first-order valence-electron chi connectivity index (χ1n) is 7.64. The van der Waals surface area contributed by atoms with Crippen molar-refractivity contribution in [2.75, 3.05) is 24.8 Å². The zero-order valence-corrected chi connectivity index (χ0v) is 12.6. The molecule has 4 rings (SSSR count). The number of hydrogen-bond donors (Lipinski definition) is 0. The van der Waals surface area contributed by atoms with Gasteiger partial charge in [0.15, 0.2) is 6.73 Å². The fraction of sp³-hybridized carbons (Fsp3) is 0.278. The van der Waals surface area contributed by atoms with E-state index in [0.717, 1.165) is 17.0 Å². The molecule has 23 heavy (non-hydrogen) atoms. The van der Waals surface area contributed by atoms with E-state index in [4.69, 9.17) is 14.2 Å². The summed E-state index contributed by atoms with van der Waals surface area (Å²) in [6.45, 7) is 2.20. The first-order valence-corrected chi connectivity index (χ1v) is 7.64. The molecule has 0 bridgehead atoms. The molecule has 0 aromatic heterocycles. The fourth-order valence-electron chi connectivity index (χ4n) is 2.59. The molecule has 0 saturated carbocycles. The number of para-hydroxylation sites is 1. The van der Waals surface area contributed by atoms with Crippen LogP contribution < -0.4 is 9.64 Å². The summed E-state index contributed by atoms with van der Waals surface area (Å²) in [4.78, 5) is 14.2. The number of carbonyl (C=O) groups excluding carboxylic acids is 1. The molecule has 0 aliphatic carbocycles. The quantitative estimate of drug-likeness (QED) is 0.642. The van der Waals surface area contributed by atoms with Crippen LogP contribution in [0.4, 0.5) is 5.69 Å². The molecule has 2 aliphatic rings. The predicted molar refractivity (Wildman–Crippen MR) is 84.6 cm³/mol. The van der Waals surface area contributed by atoms with E-state index >= 15 is 0 Å². The molecule has 2 aromatic carbocycles. The molecule has 2 heterocycles. The van der Waals surface area contributed by atoms with Crippen LogP contribution >= 0.6 is 0 Å². The SMILES string of the molecule is O=C(OCC1CO1)c1ccc2c(c1)CN(c1ccccc1)CO2. The maximum absolute atomic E-state index is 12.1. The highest BCUT2D eigenvalue weighted by Crippen LogP contribution is 2.29. The van der Waals surface area contributed by atoms with Gasteiger partial charge in [0.2, 0.25) is 0 Å². The Morgan fingerprint density at radius 2 is 2.04 bits per heavy atom. The van der Waals surface area contributed by atoms with Gasteiger partial charge in [0.1, 0.15) is 18.5 Å². The van der Waals surface area contributed by atoms with Gasteiger partial charge in [0.05, 0.1) is 12.2 Å². The van der Waals surface area contributed by atoms with Crippen LogP contribution in [-0.2, 0) is 16.0 Å². The Kier molecular flexibility index (Phi) is 3.63. The van der Waals surface area contributed by atoms with Gasteiger partial charge in [-0.2, -0.15) is 0 Å². The van der Waals surface area contributed by atoms with E-state index in [1.807, 2.05) is 42.5 Å². The molecule has 0 N–H and O–H groups in total. The molecular weight excluding hydrogens is 294 g/mol. The minimum atomic E-state index is -0.319. The zero-order chi connectivity index (χ0) is 15.6. The number of ether oxygens (including phenoxy) is 3. The lowest BCUT2D eigenvalue weighted by Gasteiger charge is -2.30. The third kappa shape index (κ3) is 3.14. The number of carbonyl (C=O) groups is 1. The van der Waals surface area contributed by atoms with Crippen molar-refractivity contribution in [2.24, 2.45) is 0 Å². The molecule has 2 aliphatic heterocycles. The molecule has 1 atom stereocenters. The molecule has 0 spiro atoms. The Hall–Kier alpha value is -2.53. The van der Waals surface area contributed by atoms with Gasteiger partial charge in [-0.15, -0.1) is 0 Å². The Morgan fingerprint density at radius 1 is 1.22 bits per heavy atom. The second-order valence-corrected chi connectivity index (χ2v) is 5.68. The van der Waals surface area contributed by atoms with Gasteiger partial charge >= 0.3 is 5.97 Å². The van der Waals surface area contributed by atoms with E-state index in [2.05, 4.69) is 4.90 Å². The molecule has 118 valence electrons. The molecule has 0 amide bonds. The number of nitrogens with zero attached hydrogens (tertiary/aromatic N) is 1. The average molecular weight is 311 g/mol. The van der Waals surface area contributed by atoms with E-state index in [1.165, 1.54) is 0 Å². The van der Waals surface area contributed by atoms with Crippen molar-refractivity contribution < 1.29 is 19.0 Å². The van der Waals surface area contributed by atoms with Gasteiger partial charge in [0, 0.05) is 17.8 Å². The average Bonchev–Trinajstić information content (AvgIpc) is 3.44. The Bertz CT molecular complexity index is 712. The van der Waals surface area contributed by atoms with Gasteiger partial charge in [-0.05, 0) is 30.3 Å². The van der Waals surface area contributed by atoms with Crippen molar-refractivity contribution in [3.63, 3.8) is 0 Å². The Balaban J connectivity index is 1.50. The van der Waals surface area contributed by atoms with Crippen LogP contribution in [0.2, 0.25) is 0 Å². The van der Waals surface area contributed by atoms with Gasteiger partial charge in [-0.1, -0.05) is 18.2 Å². The second kappa shape index (κ2) is 5.93. The maximum atomic E-state index is 12.1. The van der Waals surface area contributed by atoms with Crippen molar-refractivity contribution in [3.05, 3.63) is 59.7 Å². The van der Waals surface area contributed by atoms with E-state index in [1.54, 1.807) is 6.07 Å². The predicted octanol–water partition coefficient (Wildman–Crippen LogP) is 2.60. The van der Waals surface area contributed by atoms with Crippen LogP contribution in [0.25, 0.3) is 0 Å². The van der Waals surface area contributed by atoms with Crippen molar-refractivity contribution in [1.82, 2.24) is 0 Å². The summed E-state index contributed by atoms with van der Waals surface area (Å²) in [6, 6.07) is 15.5. The molecule has 1 saturated heterocycles. The second-order valence-electron chi connectivity index (χ2n) is 5.68. The maximum Gasteiger partial charge on any atom is 0.338 e. The summed E-state index contributed by atoms with van der Waals surface area (Å²) in [5.41, 5.74) is 2.62. The number of benzene rings is 2. The topological polar surface area (TPSA) is 51.3 Å². The van der Waals surface area contributed by atoms with E-state index < -0.39 is 0 Å². The van der Waals surface area contributed by atoms with Gasteiger partial charge in [-0.25, -0.2) is 4.79 Å².